The summed E-state index contributed by atoms with van der Waals surface area (Å²) >= 11 is 1.69. The molecule has 3 N–H and O–H groups in total. The lowest BCUT2D eigenvalue weighted by Gasteiger charge is -2.21. The molecule has 23 heavy (non-hydrogen) atoms. The molecular formula is C17H22N2O3S. The summed E-state index contributed by atoms with van der Waals surface area (Å²) in [6.07, 6.45) is 1.49. The van der Waals surface area contributed by atoms with Crippen LogP contribution in [-0.2, 0) is 5.60 Å². The van der Waals surface area contributed by atoms with E-state index in [2.05, 4.69) is 41.8 Å². The molecule has 0 saturated carbocycles. The van der Waals surface area contributed by atoms with E-state index in [0.717, 1.165) is 5.75 Å². The van der Waals surface area contributed by atoms with Crippen molar-refractivity contribution < 1.29 is 14.3 Å². The average Bonchev–Trinajstić information content (AvgIpc) is 3.07. The van der Waals surface area contributed by atoms with Gasteiger partial charge in [-0.15, -0.1) is 11.8 Å². The number of carbonyl (C=O) groups is 1. The van der Waals surface area contributed by atoms with Crippen molar-refractivity contribution in [3.8, 4) is 0 Å². The van der Waals surface area contributed by atoms with E-state index >= 15 is 0 Å². The Morgan fingerprint density at radius 3 is 2.65 bits per heavy atom. The predicted molar refractivity (Wildman–Crippen MR) is 91.6 cm³/mol. The normalized spacial score (nSPS) is 13.3. The van der Waals surface area contributed by atoms with Gasteiger partial charge in [0.2, 0.25) is 0 Å². The van der Waals surface area contributed by atoms with E-state index in [9.17, 15) is 9.90 Å². The first-order valence-corrected chi connectivity index (χ1v) is 8.43. The lowest BCUT2D eigenvalue weighted by Crippen LogP contribution is -2.43. The number of urea groups is 1. The van der Waals surface area contributed by atoms with Crippen LogP contribution in [0.2, 0.25) is 0 Å². The second-order valence-electron chi connectivity index (χ2n) is 5.52. The second-order valence-corrected chi connectivity index (χ2v) is 6.69. The number of benzene rings is 1. The molecule has 0 fully saturated rings. The number of aryl methyl sites for hydroxylation is 1. The minimum absolute atomic E-state index is 0.0808. The third-order valence-corrected chi connectivity index (χ3v) is 4.34. The van der Waals surface area contributed by atoms with Gasteiger partial charge in [0.15, 0.2) is 0 Å². The summed E-state index contributed by atoms with van der Waals surface area (Å²) in [5.41, 5.74) is 0.00720. The molecule has 5 nitrogen and oxygen atoms in total. The van der Waals surface area contributed by atoms with Gasteiger partial charge >= 0.3 is 6.03 Å². The molecule has 2 rings (SSSR count). The Morgan fingerprint density at radius 1 is 1.26 bits per heavy atom. The van der Waals surface area contributed by atoms with E-state index in [4.69, 9.17) is 4.42 Å². The van der Waals surface area contributed by atoms with Gasteiger partial charge in [-0.3, -0.25) is 0 Å². The minimum Gasteiger partial charge on any atom is -0.466 e. The van der Waals surface area contributed by atoms with E-state index in [1.54, 1.807) is 30.8 Å². The van der Waals surface area contributed by atoms with E-state index in [0.29, 0.717) is 12.3 Å². The van der Waals surface area contributed by atoms with Gasteiger partial charge in [-0.25, -0.2) is 4.79 Å². The maximum Gasteiger partial charge on any atom is 0.314 e. The van der Waals surface area contributed by atoms with Crippen LogP contribution >= 0.6 is 11.8 Å². The molecule has 0 spiro atoms. The fourth-order valence-electron chi connectivity index (χ4n) is 1.95. The van der Waals surface area contributed by atoms with Gasteiger partial charge in [0.1, 0.15) is 11.4 Å². The number of hydrogen-bond acceptors (Lipinski definition) is 4. The molecule has 0 aliphatic heterocycles. The van der Waals surface area contributed by atoms with Crippen molar-refractivity contribution in [1.29, 1.82) is 0 Å². The SMILES string of the molecule is Cc1ccc(SCCNC(=O)NCC(C)(O)c2ccco2)cc1. The molecule has 1 heterocycles. The number of furan rings is 1. The Labute approximate surface area is 140 Å². The molecule has 1 unspecified atom stereocenters. The van der Waals surface area contributed by atoms with E-state index < -0.39 is 5.60 Å². The van der Waals surface area contributed by atoms with Gasteiger partial charge in [0, 0.05) is 17.2 Å². The molecule has 1 aromatic heterocycles. The van der Waals surface area contributed by atoms with Crippen LogP contribution in [0, 0.1) is 6.92 Å². The van der Waals surface area contributed by atoms with Crippen molar-refractivity contribution in [2.24, 2.45) is 0 Å². The van der Waals surface area contributed by atoms with Crippen LogP contribution in [0.3, 0.4) is 0 Å². The smallest absolute Gasteiger partial charge is 0.314 e. The van der Waals surface area contributed by atoms with Gasteiger partial charge < -0.3 is 20.2 Å². The van der Waals surface area contributed by atoms with Crippen LogP contribution in [0.25, 0.3) is 0 Å². The van der Waals surface area contributed by atoms with Gasteiger partial charge in [0.05, 0.1) is 12.8 Å². The van der Waals surface area contributed by atoms with Gasteiger partial charge in [-0.05, 0) is 38.1 Å². The molecule has 2 amide bonds. The first-order valence-electron chi connectivity index (χ1n) is 7.45. The first-order chi connectivity index (χ1) is 11.0. The highest BCUT2D eigenvalue weighted by atomic mass is 32.2. The fourth-order valence-corrected chi connectivity index (χ4v) is 2.72. The van der Waals surface area contributed by atoms with Crippen LogP contribution in [-0.4, -0.2) is 30.0 Å². The third-order valence-electron chi connectivity index (χ3n) is 3.32. The molecule has 0 bridgehead atoms. The highest BCUT2D eigenvalue weighted by Crippen LogP contribution is 2.19. The van der Waals surface area contributed by atoms with Gasteiger partial charge in [0.25, 0.3) is 0 Å². The minimum atomic E-state index is -1.22. The Balaban J connectivity index is 1.64. The zero-order valence-corrected chi connectivity index (χ0v) is 14.2. The summed E-state index contributed by atoms with van der Waals surface area (Å²) in [6.45, 7) is 4.28. The highest BCUT2D eigenvalue weighted by molar-refractivity contribution is 7.99. The van der Waals surface area contributed by atoms with Gasteiger partial charge in [-0.2, -0.15) is 0 Å². The lowest BCUT2D eigenvalue weighted by atomic mass is 10.0. The van der Waals surface area contributed by atoms with Crippen LogP contribution in [0.4, 0.5) is 4.79 Å². The molecule has 1 aromatic carbocycles. The maximum absolute atomic E-state index is 11.7. The molecule has 6 heteroatoms. The fraction of sp³-hybridized carbons (Fsp3) is 0.353. The summed E-state index contributed by atoms with van der Waals surface area (Å²) in [5.74, 6) is 1.21. The quantitative estimate of drug-likeness (QED) is 0.538. The maximum atomic E-state index is 11.7. The summed E-state index contributed by atoms with van der Waals surface area (Å²) in [6, 6.07) is 11.4. The number of thioether (sulfide) groups is 1. The van der Waals surface area contributed by atoms with Crippen molar-refractivity contribution in [3.05, 3.63) is 54.0 Å². The molecule has 0 aliphatic rings. The summed E-state index contributed by atoms with van der Waals surface area (Å²) in [4.78, 5) is 12.9. The van der Waals surface area contributed by atoms with Crippen molar-refractivity contribution in [2.45, 2.75) is 24.3 Å². The largest absolute Gasteiger partial charge is 0.466 e. The molecule has 2 aromatic rings. The topological polar surface area (TPSA) is 74.5 Å². The zero-order chi connectivity index (χ0) is 16.7. The number of aliphatic hydroxyl groups is 1. The molecular weight excluding hydrogens is 312 g/mol. The number of nitrogens with one attached hydrogen (secondary N) is 2. The summed E-state index contributed by atoms with van der Waals surface area (Å²) < 4.78 is 5.16. The Kier molecular flexibility index (Phi) is 6.12. The molecule has 124 valence electrons. The molecule has 0 aliphatic carbocycles. The number of hydrogen-bond donors (Lipinski definition) is 3. The van der Waals surface area contributed by atoms with E-state index in [1.165, 1.54) is 16.7 Å². The van der Waals surface area contributed by atoms with E-state index in [-0.39, 0.29) is 12.6 Å². The van der Waals surface area contributed by atoms with E-state index in [1.807, 2.05) is 0 Å². The molecule has 0 saturated heterocycles. The third kappa shape index (κ3) is 5.65. The second kappa shape index (κ2) is 8.08. The summed E-state index contributed by atoms with van der Waals surface area (Å²) in [7, 11) is 0. The number of carbonyl (C=O) groups excluding carboxylic acids is 1. The Morgan fingerprint density at radius 2 is 2.00 bits per heavy atom. The average molecular weight is 334 g/mol. The Bertz CT molecular complexity index is 609. The summed E-state index contributed by atoms with van der Waals surface area (Å²) in [5, 5.41) is 15.6. The number of rotatable bonds is 7. The lowest BCUT2D eigenvalue weighted by molar-refractivity contribution is 0.0368. The van der Waals surface area contributed by atoms with Crippen LogP contribution in [0.15, 0.2) is 52.0 Å². The highest BCUT2D eigenvalue weighted by Gasteiger charge is 2.26. The van der Waals surface area contributed by atoms with Crippen molar-refractivity contribution in [3.63, 3.8) is 0 Å². The van der Waals surface area contributed by atoms with Crippen LogP contribution in [0.5, 0.6) is 0 Å². The molecule has 0 radical (unpaired) electrons. The molecule has 1 atom stereocenters. The van der Waals surface area contributed by atoms with Crippen LogP contribution < -0.4 is 10.6 Å². The van der Waals surface area contributed by atoms with Crippen molar-refractivity contribution in [1.82, 2.24) is 10.6 Å². The van der Waals surface area contributed by atoms with Crippen LogP contribution in [0.1, 0.15) is 18.2 Å². The standard InChI is InChI=1S/C17H22N2O3S/c1-13-5-7-14(8-6-13)23-11-9-18-16(20)19-12-17(2,21)15-4-3-10-22-15/h3-8,10,21H,9,11-12H2,1-2H3,(H2,18,19,20). The van der Waals surface area contributed by atoms with Crippen molar-refractivity contribution in [2.75, 3.05) is 18.8 Å². The zero-order valence-electron chi connectivity index (χ0n) is 13.3. The van der Waals surface area contributed by atoms with Crippen molar-refractivity contribution >= 4 is 17.8 Å². The number of amides is 2. The predicted octanol–water partition coefficient (Wildman–Crippen LogP) is 2.89. The Hall–Kier alpha value is -1.92. The first kappa shape index (κ1) is 17.4. The van der Waals surface area contributed by atoms with Gasteiger partial charge in [-0.1, -0.05) is 17.7 Å². The monoisotopic (exact) mass is 334 g/mol.